The van der Waals surface area contributed by atoms with Gasteiger partial charge in [-0.3, -0.25) is 0 Å². The Balaban J connectivity index is 1.78. The molecule has 2 nitrogen and oxygen atoms in total. The van der Waals surface area contributed by atoms with E-state index in [4.69, 9.17) is 0 Å². The predicted octanol–water partition coefficient (Wildman–Crippen LogP) is 3.75. The molecule has 0 bridgehead atoms. The molecule has 16 heavy (non-hydrogen) atoms. The SMILES string of the molecule is CC(CCNc1nccs1)c1ccccc1. The van der Waals surface area contributed by atoms with Crippen molar-refractivity contribution in [2.45, 2.75) is 19.3 Å². The van der Waals surface area contributed by atoms with Gasteiger partial charge >= 0.3 is 0 Å². The fraction of sp³-hybridized carbons (Fsp3) is 0.308. The minimum atomic E-state index is 0.591. The number of thiazole rings is 1. The molecule has 1 aromatic carbocycles. The van der Waals surface area contributed by atoms with Crippen LogP contribution < -0.4 is 5.32 Å². The molecule has 1 heterocycles. The standard InChI is InChI=1S/C13H16N2S/c1-11(12-5-3-2-4-6-12)7-8-14-13-15-9-10-16-13/h2-6,9-11H,7-8H2,1H3,(H,14,15). The van der Waals surface area contributed by atoms with Gasteiger partial charge in [-0.05, 0) is 17.9 Å². The van der Waals surface area contributed by atoms with E-state index in [1.54, 1.807) is 11.3 Å². The van der Waals surface area contributed by atoms with E-state index in [1.165, 1.54) is 5.56 Å². The van der Waals surface area contributed by atoms with Crippen molar-refractivity contribution in [2.24, 2.45) is 0 Å². The normalized spacial score (nSPS) is 12.3. The van der Waals surface area contributed by atoms with Crippen molar-refractivity contribution in [3.8, 4) is 0 Å². The van der Waals surface area contributed by atoms with Crippen LogP contribution in [0.4, 0.5) is 5.13 Å². The molecule has 84 valence electrons. The quantitative estimate of drug-likeness (QED) is 0.849. The summed E-state index contributed by atoms with van der Waals surface area (Å²) in [6.45, 7) is 3.24. The van der Waals surface area contributed by atoms with Crippen molar-refractivity contribution in [1.82, 2.24) is 4.98 Å². The van der Waals surface area contributed by atoms with Crippen molar-refractivity contribution < 1.29 is 0 Å². The molecule has 0 amide bonds. The maximum absolute atomic E-state index is 4.19. The van der Waals surface area contributed by atoms with Crippen LogP contribution in [0.5, 0.6) is 0 Å². The highest BCUT2D eigenvalue weighted by Gasteiger charge is 2.04. The topological polar surface area (TPSA) is 24.9 Å². The fourth-order valence-electron chi connectivity index (χ4n) is 1.65. The van der Waals surface area contributed by atoms with Gasteiger partial charge in [-0.2, -0.15) is 0 Å². The van der Waals surface area contributed by atoms with Crippen LogP contribution in [0, 0.1) is 0 Å². The highest BCUT2D eigenvalue weighted by Crippen LogP contribution is 2.19. The van der Waals surface area contributed by atoms with Gasteiger partial charge in [0.25, 0.3) is 0 Å². The second kappa shape index (κ2) is 5.66. The first-order valence-corrected chi connectivity index (χ1v) is 6.42. The average Bonchev–Trinajstić information content (AvgIpc) is 2.83. The summed E-state index contributed by atoms with van der Waals surface area (Å²) in [5.74, 6) is 0.591. The molecule has 1 atom stereocenters. The second-order valence-corrected chi connectivity index (χ2v) is 4.76. The van der Waals surface area contributed by atoms with Gasteiger partial charge in [0.2, 0.25) is 0 Å². The van der Waals surface area contributed by atoms with Crippen molar-refractivity contribution in [1.29, 1.82) is 0 Å². The largest absolute Gasteiger partial charge is 0.362 e. The number of aromatic nitrogens is 1. The van der Waals surface area contributed by atoms with Gasteiger partial charge in [0, 0.05) is 18.1 Å². The molecule has 0 aliphatic rings. The Labute approximate surface area is 100 Å². The molecule has 2 rings (SSSR count). The summed E-state index contributed by atoms with van der Waals surface area (Å²) in [6.07, 6.45) is 2.96. The first-order valence-electron chi connectivity index (χ1n) is 5.54. The van der Waals surface area contributed by atoms with E-state index in [0.717, 1.165) is 18.1 Å². The third-order valence-corrected chi connectivity index (χ3v) is 3.39. The number of nitrogens with one attached hydrogen (secondary N) is 1. The molecule has 1 unspecified atom stereocenters. The third-order valence-electron chi connectivity index (χ3n) is 2.65. The molecule has 0 aliphatic carbocycles. The Morgan fingerprint density at radius 1 is 1.31 bits per heavy atom. The average molecular weight is 232 g/mol. The second-order valence-electron chi connectivity index (χ2n) is 3.86. The van der Waals surface area contributed by atoms with Crippen molar-refractivity contribution in [3.63, 3.8) is 0 Å². The fourth-order valence-corrected chi connectivity index (χ4v) is 2.21. The summed E-state index contributed by atoms with van der Waals surface area (Å²) >= 11 is 1.65. The Bertz CT molecular complexity index is 397. The number of benzene rings is 1. The zero-order valence-corrected chi connectivity index (χ0v) is 10.2. The zero-order chi connectivity index (χ0) is 11.2. The lowest BCUT2D eigenvalue weighted by Gasteiger charge is -2.11. The maximum atomic E-state index is 4.19. The van der Waals surface area contributed by atoms with Gasteiger partial charge in [-0.15, -0.1) is 11.3 Å². The molecular weight excluding hydrogens is 216 g/mol. The van der Waals surface area contributed by atoms with Gasteiger partial charge in [0.1, 0.15) is 0 Å². The monoisotopic (exact) mass is 232 g/mol. The van der Waals surface area contributed by atoms with E-state index < -0.39 is 0 Å². The molecule has 1 aromatic heterocycles. The summed E-state index contributed by atoms with van der Waals surface area (Å²) < 4.78 is 0. The highest BCUT2D eigenvalue weighted by molar-refractivity contribution is 7.13. The van der Waals surface area contributed by atoms with Gasteiger partial charge in [0.15, 0.2) is 5.13 Å². The number of hydrogen-bond acceptors (Lipinski definition) is 3. The smallest absolute Gasteiger partial charge is 0.182 e. The number of hydrogen-bond donors (Lipinski definition) is 1. The van der Waals surface area contributed by atoms with E-state index in [0.29, 0.717) is 5.92 Å². The predicted molar refractivity (Wildman–Crippen MR) is 70.1 cm³/mol. The lowest BCUT2D eigenvalue weighted by atomic mass is 9.98. The molecular formula is C13H16N2S. The molecule has 0 saturated carbocycles. The van der Waals surface area contributed by atoms with Crippen LogP contribution in [0.15, 0.2) is 41.9 Å². The van der Waals surface area contributed by atoms with Crippen LogP contribution in [0.1, 0.15) is 24.8 Å². The van der Waals surface area contributed by atoms with Crippen molar-refractivity contribution in [3.05, 3.63) is 47.5 Å². The summed E-state index contributed by atoms with van der Waals surface area (Å²) in [6, 6.07) is 10.6. The Kier molecular flexibility index (Phi) is 3.94. The molecule has 0 fully saturated rings. The van der Waals surface area contributed by atoms with Crippen LogP contribution in [0.3, 0.4) is 0 Å². The van der Waals surface area contributed by atoms with E-state index in [9.17, 15) is 0 Å². The molecule has 0 radical (unpaired) electrons. The minimum Gasteiger partial charge on any atom is -0.362 e. The Morgan fingerprint density at radius 2 is 2.12 bits per heavy atom. The van der Waals surface area contributed by atoms with E-state index in [-0.39, 0.29) is 0 Å². The van der Waals surface area contributed by atoms with Gasteiger partial charge in [0.05, 0.1) is 0 Å². The molecule has 0 saturated heterocycles. The van der Waals surface area contributed by atoms with Crippen LogP contribution in [0.25, 0.3) is 0 Å². The summed E-state index contributed by atoms with van der Waals surface area (Å²) in [5.41, 5.74) is 1.41. The Hall–Kier alpha value is -1.35. The number of anilines is 1. The molecule has 2 aromatic rings. The van der Waals surface area contributed by atoms with E-state index >= 15 is 0 Å². The number of nitrogens with zero attached hydrogens (tertiary/aromatic N) is 1. The van der Waals surface area contributed by atoms with Crippen LogP contribution in [-0.2, 0) is 0 Å². The van der Waals surface area contributed by atoms with Gasteiger partial charge in [-0.1, -0.05) is 37.3 Å². The first kappa shape index (κ1) is 11.1. The van der Waals surface area contributed by atoms with E-state index in [2.05, 4.69) is 47.6 Å². The molecule has 3 heteroatoms. The lowest BCUT2D eigenvalue weighted by molar-refractivity contribution is 0.706. The van der Waals surface area contributed by atoms with Crippen LogP contribution in [0.2, 0.25) is 0 Å². The van der Waals surface area contributed by atoms with Crippen molar-refractivity contribution >= 4 is 16.5 Å². The maximum Gasteiger partial charge on any atom is 0.182 e. The lowest BCUT2D eigenvalue weighted by Crippen LogP contribution is -2.05. The zero-order valence-electron chi connectivity index (χ0n) is 9.39. The molecule has 0 spiro atoms. The van der Waals surface area contributed by atoms with Crippen LogP contribution >= 0.6 is 11.3 Å². The highest BCUT2D eigenvalue weighted by atomic mass is 32.1. The Morgan fingerprint density at radius 3 is 2.81 bits per heavy atom. The summed E-state index contributed by atoms with van der Waals surface area (Å²) in [7, 11) is 0. The van der Waals surface area contributed by atoms with Crippen molar-refractivity contribution in [2.75, 3.05) is 11.9 Å². The van der Waals surface area contributed by atoms with E-state index in [1.807, 2.05) is 11.6 Å². The van der Waals surface area contributed by atoms with Gasteiger partial charge in [-0.25, -0.2) is 4.98 Å². The third kappa shape index (κ3) is 3.07. The van der Waals surface area contributed by atoms with Gasteiger partial charge < -0.3 is 5.32 Å². The summed E-state index contributed by atoms with van der Waals surface area (Å²) in [5, 5.41) is 6.34. The molecule has 1 N–H and O–H groups in total. The summed E-state index contributed by atoms with van der Waals surface area (Å²) in [4.78, 5) is 4.19. The number of rotatable bonds is 5. The van der Waals surface area contributed by atoms with Crippen LogP contribution in [-0.4, -0.2) is 11.5 Å². The molecule has 0 aliphatic heterocycles. The minimum absolute atomic E-state index is 0.591. The first-order chi connectivity index (χ1) is 7.86.